The first-order valence-corrected chi connectivity index (χ1v) is 10.6. The second kappa shape index (κ2) is 9.33. The number of nitrogens with zero attached hydrogens (tertiary/aromatic N) is 5. The Morgan fingerprint density at radius 1 is 1.19 bits per heavy atom. The number of urea groups is 1. The highest BCUT2D eigenvalue weighted by molar-refractivity contribution is 5.74. The third kappa shape index (κ3) is 4.71. The molecule has 7 nitrogen and oxygen atoms in total. The van der Waals surface area contributed by atoms with Crippen molar-refractivity contribution in [3.8, 4) is 5.69 Å². The minimum Gasteiger partial charge on any atom is -0.371 e. The Bertz CT molecular complexity index is 1060. The van der Waals surface area contributed by atoms with Gasteiger partial charge in [0, 0.05) is 38.4 Å². The third-order valence-electron chi connectivity index (χ3n) is 6.06. The summed E-state index contributed by atoms with van der Waals surface area (Å²) in [6, 6.07) is 11.5. The van der Waals surface area contributed by atoms with Gasteiger partial charge in [-0.3, -0.25) is 0 Å². The van der Waals surface area contributed by atoms with Crippen molar-refractivity contribution in [2.24, 2.45) is 5.92 Å². The van der Waals surface area contributed by atoms with Gasteiger partial charge in [-0.15, -0.1) is 0 Å². The molecule has 4 rings (SSSR count). The number of aromatic nitrogens is 3. The van der Waals surface area contributed by atoms with Gasteiger partial charge in [0.05, 0.1) is 11.7 Å². The summed E-state index contributed by atoms with van der Waals surface area (Å²) in [5, 5.41) is 7.12. The maximum Gasteiger partial charge on any atom is 0.317 e. The van der Waals surface area contributed by atoms with Crippen LogP contribution in [0.4, 0.5) is 19.3 Å². The molecule has 168 valence electrons. The number of rotatable bonds is 6. The van der Waals surface area contributed by atoms with E-state index in [0.717, 1.165) is 30.3 Å². The van der Waals surface area contributed by atoms with Gasteiger partial charge in [-0.05, 0) is 49.1 Å². The predicted molar refractivity (Wildman–Crippen MR) is 118 cm³/mol. The standard InChI is InChI=1S/C23H26F2N6O/c1-16(18-3-5-19(6-4-18)31-15-26-14-28-31)29(2)23(32)27-12-17-9-10-30(13-17)20-7-8-21(24)22(25)11-20/h3-8,11,14-17H,9-10,12-13H2,1-2H3,(H,27,32). The van der Waals surface area contributed by atoms with Crippen molar-refractivity contribution < 1.29 is 13.6 Å². The zero-order valence-electron chi connectivity index (χ0n) is 18.1. The summed E-state index contributed by atoms with van der Waals surface area (Å²) in [7, 11) is 1.77. The molecule has 0 aliphatic carbocycles. The van der Waals surface area contributed by atoms with Crippen LogP contribution in [0.2, 0.25) is 0 Å². The fourth-order valence-electron chi connectivity index (χ4n) is 3.92. The Hall–Kier alpha value is -3.49. The molecule has 0 bridgehead atoms. The van der Waals surface area contributed by atoms with Gasteiger partial charge >= 0.3 is 6.03 Å². The van der Waals surface area contributed by atoms with E-state index >= 15 is 0 Å². The lowest BCUT2D eigenvalue weighted by atomic mass is 10.1. The van der Waals surface area contributed by atoms with E-state index < -0.39 is 11.6 Å². The SMILES string of the molecule is CC(c1ccc(-n2cncn2)cc1)N(C)C(=O)NCC1CCN(c2ccc(F)c(F)c2)C1. The van der Waals surface area contributed by atoms with Crippen LogP contribution < -0.4 is 10.2 Å². The summed E-state index contributed by atoms with van der Waals surface area (Å²) in [5.74, 6) is -1.44. The van der Waals surface area contributed by atoms with Crippen molar-refractivity contribution in [1.82, 2.24) is 25.0 Å². The molecule has 2 unspecified atom stereocenters. The van der Waals surface area contributed by atoms with E-state index in [2.05, 4.69) is 15.4 Å². The molecule has 2 heterocycles. The molecule has 1 saturated heterocycles. The highest BCUT2D eigenvalue weighted by atomic mass is 19.2. The van der Waals surface area contributed by atoms with Gasteiger partial charge in [0.1, 0.15) is 12.7 Å². The van der Waals surface area contributed by atoms with Gasteiger partial charge in [0.25, 0.3) is 0 Å². The molecule has 1 aliphatic heterocycles. The maximum absolute atomic E-state index is 13.5. The maximum atomic E-state index is 13.5. The molecular weight excluding hydrogens is 414 g/mol. The Kier molecular flexibility index (Phi) is 6.34. The molecule has 1 N–H and O–H groups in total. The number of halogens is 2. The molecule has 9 heteroatoms. The van der Waals surface area contributed by atoms with Gasteiger partial charge < -0.3 is 15.1 Å². The monoisotopic (exact) mass is 440 g/mol. The summed E-state index contributed by atoms with van der Waals surface area (Å²) in [5.41, 5.74) is 2.58. The zero-order chi connectivity index (χ0) is 22.7. The number of amides is 2. The zero-order valence-corrected chi connectivity index (χ0v) is 18.1. The summed E-state index contributed by atoms with van der Waals surface area (Å²) in [6.45, 7) is 3.94. The molecule has 3 aromatic rings. The second-order valence-electron chi connectivity index (χ2n) is 8.10. The number of carbonyl (C=O) groups is 1. The fraction of sp³-hybridized carbons (Fsp3) is 0.348. The average Bonchev–Trinajstić information content (AvgIpc) is 3.51. The van der Waals surface area contributed by atoms with Gasteiger partial charge in [-0.2, -0.15) is 5.10 Å². The van der Waals surface area contributed by atoms with Crippen molar-refractivity contribution in [1.29, 1.82) is 0 Å². The largest absolute Gasteiger partial charge is 0.371 e. The lowest BCUT2D eigenvalue weighted by molar-refractivity contribution is 0.193. The lowest BCUT2D eigenvalue weighted by Crippen LogP contribution is -2.41. The van der Waals surface area contributed by atoms with E-state index in [1.807, 2.05) is 36.1 Å². The first kappa shape index (κ1) is 21.7. The minimum atomic E-state index is -0.845. The van der Waals surface area contributed by atoms with E-state index in [-0.39, 0.29) is 18.0 Å². The quantitative estimate of drug-likeness (QED) is 0.634. The normalized spacial score (nSPS) is 16.8. The molecule has 1 aromatic heterocycles. The summed E-state index contributed by atoms with van der Waals surface area (Å²) < 4.78 is 28.4. The molecule has 0 saturated carbocycles. The number of hydrogen-bond donors (Lipinski definition) is 1. The van der Waals surface area contributed by atoms with Crippen LogP contribution in [0.1, 0.15) is 24.9 Å². The Balaban J connectivity index is 1.28. The highest BCUT2D eigenvalue weighted by Gasteiger charge is 2.25. The second-order valence-corrected chi connectivity index (χ2v) is 8.10. The number of nitrogens with one attached hydrogen (secondary N) is 1. The van der Waals surface area contributed by atoms with Crippen LogP contribution in [0.3, 0.4) is 0 Å². The molecule has 1 aliphatic rings. The Morgan fingerprint density at radius 2 is 1.94 bits per heavy atom. The van der Waals surface area contributed by atoms with Gasteiger partial charge in [0.15, 0.2) is 11.6 Å². The van der Waals surface area contributed by atoms with Gasteiger partial charge in [0.2, 0.25) is 0 Å². The minimum absolute atomic E-state index is 0.109. The van der Waals surface area contributed by atoms with E-state index in [4.69, 9.17) is 0 Å². The van der Waals surface area contributed by atoms with Crippen LogP contribution in [-0.4, -0.2) is 52.4 Å². The molecular formula is C23H26F2N6O. The van der Waals surface area contributed by atoms with Crippen LogP contribution in [-0.2, 0) is 0 Å². The number of hydrogen-bond acceptors (Lipinski definition) is 4. The van der Waals surface area contributed by atoms with Crippen LogP contribution in [0.25, 0.3) is 5.69 Å². The molecule has 2 amide bonds. The van der Waals surface area contributed by atoms with E-state index in [9.17, 15) is 13.6 Å². The van der Waals surface area contributed by atoms with E-state index in [1.165, 1.54) is 12.4 Å². The van der Waals surface area contributed by atoms with Crippen LogP contribution in [0.5, 0.6) is 0 Å². The van der Waals surface area contributed by atoms with Crippen molar-refractivity contribution in [2.45, 2.75) is 19.4 Å². The van der Waals surface area contributed by atoms with Crippen molar-refractivity contribution in [3.05, 3.63) is 72.3 Å². The fourth-order valence-corrected chi connectivity index (χ4v) is 3.92. The molecule has 0 spiro atoms. The predicted octanol–water partition coefficient (Wildman–Crippen LogP) is 3.77. The summed E-state index contributed by atoms with van der Waals surface area (Å²) in [6.07, 6.45) is 3.99. The van der Waals surface area contributed by atoms with E-state index in [0.29, 0.717) is 18.8 Å². The highest BCUT2D eigenvalue weighted by Crippen LogP contribution is 2.25. The van der Waals surface area contributed by atoms with E-state index in [1.54, 1.807) is 29.0 Å². The number of benzene rings is 2. The summed E-state index contributed by atoms with van der Waals surface area (Å²) in [4.78, 5) is 20.3. The molecule has 2 aromatic carbocycles. The molecule has 2 atom stereocenters. The van der Waals surface area contributed by atoms with Crippen molar-refractivity contribution >= 4 is 11.7 Å². The topological polar surface area (TPSA) is 66.3 Å². The summed E-state index contributed by atoms with van der Waals surface area (Å²) >= 11 is 0. The molecule has 1 fully saturated rings. The average molecular weight is 440 g/mol. The molecule has 0 radical (unpaired) electrons. The smallest absolute Gasteiger partial charge is 0.317 e. The van der Waals surface area contributed by atoms with Gasteiger partial charge in [-0.25, -0.2) is 23.2 Å². The van der Waals surface area contributed by atoms with Crippen LogP contribution in [0.15, 0.2) is 55.1 Å². The van der Waals surface area contributed by atoms with Crippen LogP contribution in [0, 0.1) is 17.6 Å². The van der Waals surface area contributed by atoms with Crippen molar-refractivity contribution in [2.75, 3.05) is 31.6 Å². The molecule has 32 heavy (non-hydrogen) atoms. The third-order valence-corrected chi connectivity index (χ3v) is 6.06. The van der Waals surface area contributed by atoms with Gasteiger partial charge in [-0.1, -0.05) is 12.1 Å². The Morgan fingerprint density at radius 3 is 2.62 bits per heavy atom. The first-order chi connectivity index (χ1) is 15.4. The van der Waals surface area contributed by atoms with Crippen LogP contribution >= 0.6 is 0 Å². The first-order valence-electron chi connectivity index (χ1n) is 10.6. The lowest BCUT2D eigenvalue weighted by Gasteiger charge is -2.26. The number of carbonyl (C=O) groups excluding carboxylic acids is 1. The Labute approximate surface area is 185 Å². The number of anilines is 1. The van der Waals surface area contributed by atoms with Crippen molar-refractivity contribution in [3.63, 3.8) is 0 Å².